The van der Waals surface area contributed by atoms with Crippen LogP contribution in [0.15, 0.2) is 23.1 Å². The Bertz CT molecular complexity index is 629. The Kier molecular flexibility index (Phi) is 6.06. The molecule has 0 unspecified atom stereocenters. The van der Waals surface area contributed by atoms with Crippen molar-refractivity contribution in [2.75, 3.05) is 34.0 Å². The van der Waals surface area contributed by atoms with Gasteiger partial charge in [0, 0.05) is 7.11 Å². The third-order valence-electron chi connectivity index (χ3n) is 3.18. The number of thioether (sulfide) groups is 1. The monoisotopic (exact) mass is 337 g/mol. The molecule has 0 bridgehead atoms. The van der Waals surface area contributed by atoms with Crippen LogP contribution in [0.3, 0.4) is 0 Å². The smallest absolute Gasteiger partial charge is 0.293 e. The van der Waals surface area contributed by atoms with Gasteiger partial charge >= 0.3 is 0 Å². The van der Waals surface area contributed by atoms with Crippen molar-refractivity contribution in [1.82, 2.24) is 4.90 Å². The van der Waals surface area contributed by atoms with Crippen LogP contribution in [0, 0.1) is 0 Å². The molecular weight excluding hydrogens is 318 g/mol. The maximum Gasteiger partial charge on any atom is 0.293 e. The minimum Gasteiger partial charge on any atom is -0.493 e. The molecule has 7 heteroatoms. The maximum absolute atomic E-state index is 12.3. The number of imide groups is 1. The van der Waals surface area contributed by atoms with E-state index >= 15 is 0 Å². The first kappa shape index (κ1) is 17.4. The molecule has 0 aromatic heterocycles. The fraction of sp³-hybridized carbons (Fsp3) is 0.375. The minimum absolute atomic E-state index is 0.255. The van der Waals surface area contributed by atoms with Crippen molar-refractivity contribution in [3.05, 3.63) is 28.7 Å². The van der Waals surface area contributed by atoms with Gasteiger partial charge in [-0.1, -0.05) is 6.07 Å². The Morgan fingerprint density at radius 3 is 2.65 bits per heavy atom. The number of nitrogens with zero attached hydrogens (tertiary/aromatic N) is 1. The lowest BCUT2D eigenvalue weighted by atomic mass is 10.2. The maximum atomic E-state index is 12.3. The molecule has 0 atom stereocenters. The fourth-order valence-corrected chi connectivity index (χ4v) is 2.94. The predicted molar refractivity (Wildman–Crippen MR) is 88.7 cm³/mol. The van der Waals surface area contributed by atoms with E-state index in [2.05, 4.69) is 0 Å². The summed E-state index contributed by atoms with van der Waals surface area (Å²) in [5.41, 5.74) is 0.770. The van der Waals surface area contributed by atoms with Crippen molar-refractivity contribution in [3.8, 4) is 11.5 Å². The van der Waals surface area contributed by atoms with Crippen LogP contribution >= 0.6 is 11.8 Å². The van der Waals surface area contributed by atoms with Gasteiger partial charge < -0.3 is 14.2 Å². The molecule has 124 valence electrons. The van der Waals surface area contributed by atoms with E-state index in [9.17, 15) is 9.59 Å². The topological polar surface area (TPSA) is 65.1 Å². The molecule has 0 spiro atoms. The molecule has 1 aliphatic rings. The molecule has 1 saturated heterocycles. The normalized spacial score (nSPS) is 16.3. The van der Waals surface area contributed by atoms with Gasteiger partial charge in [0.15, 0.2) is 11.5 Å². The Morgan fingerprint density at radius 2 is 2.00 bits per heavy atom. The third-order valence-corrected chi connectivity index (χ3v) is 4.09. The number of hydrogen-bond donors (Lipinski definition) is 0. The largest absolute Gasteiger partial charge is 0.493 e. The molecule has 1 aliphatic heterocycles. The first-order chi connectivity index (χ1) is 11.1. The first-order valence-corrected chi connectivity index (χ1v) is 7.97. The van der Waals surface area contributed by atoms with E-state index in [-0.39, 0.29) is 17.7 Å². The summed E-state index contributed by atoms with van der Waals surface area (Å²) in [6.45, 7) is 2.97. The highest BCUT2D eigenvalue weighted by Crippen LogP contribution is 2.34. The van der Waals surface area contributed by atoms with E-state index in [1.54, 1.807) is 25.3 Å². The summed E-state index contributed by atoms with van der Waals surface area (Å²) in [4.78, 5) is 25.7. The van der Waals surface area contributed by atoms with Gasteiger partial charge in [-0.15, -0.1) is 0 Å². The molecule has 6 nitrogen and oxygen atoms in total. The van der Waals surface area contributed by atoms with Crippen LogP contribution in [0.4, 0.5) is 4.79 Å². The summed E-state index contributed by atoms with van der Waals surface area (Å²) in [6, 6.07) is 5.36. The van der Waals surface area contributed by atoms with Crippen molar-refractivity contribution in [3.63, 3.8) is 0 Å². The van der Waals surface area contributed by atoms with Crippen LogP contribution in [0.25, 0.3) is 6.08 Å². The van der Waals surface area contributed by atoms with Crippen LogP contribution in [0.1, 0.15) is 12.5 Å². The van der Waals surface area contributed by atoms with Crippen molar-refractivity contribution < 1.29 is 23.8 Å². The van der Waals surface area contributed by atoms with Gasteiger partial charge in [-0.2, -0.15) is 0 Å². The van der Waals surface area contributed by atoms with Crippen LogP contribution in [0.2, 0.25) is 0 Å². The number of carbonyl (C=O) groups excluding carboxylic acids is 2. The second kappa shape index (κ2) is 8.03. The van der Waals surface area contributed by atoms with E-state index in [1.807, 2.05) is 13.0 Å². The van der Waals surface area contributed by atoms with E-state index in [1.165, 1.54) is 12.0 Å². The molecule has 1 fully saturated rings. The highest BCUT2D eigenvalue weighted by atomic mass is 32.2. The number of carbonyl (C=O) groups is 2. The Balaban J connectivity index is 2.23. The van der Waals surface area contributed by atoms with Crippen LogP contribution < -0.4 is 9.47 Å². The molecule has 0 radical (unpaired) electrons. The zero-order valence-electron chi connectivity index (χ0n) is 13.3. The van der Waals surface area contributed by atoms with Crippen molar-refractivity contribution in [2.45, 2.75) is 6.92 Å². The summed E-state index contributed by atoms with van der Waals surface area (Å²) >= 11 is 0.927. The third kappa shape index (κ3) is 4.05. The summed E-state index contributed by atoms with van der Waals surface area (Å²) in [6.07, 6.45) is 1.68. The molecule has 1 aromatic rings. The Labute approximate surface area is 139 Å². The Morgan fingerprint density at radius 1 is 1.22 bits per heavy atom. The van der Waals surface area contributed by atoms with Gasteiger partial charge in [-0.25, -0.2) is 0 Å². The zero-order chi connectivity index (χ0) is 16.8. The quantitative estimate of drug-likeness (QED) is 0.713. The molecular formula is C16H19NO5S. The molecule has 0 N–H and O–H groups in total. The molecule has 0 saturated carbocycles. The average Bonchev–Trinajstić information content (AvgIpc) is 2.80. The van der Waals surface area contributed by atoms with Gasteiger partial charge in [0.05, 0.1) is 31.8 Å². The number of benzene rings is 1. The molecule has 1 aromatic carbocycles. The highest BCUT2D eigenvalue weighted by Gasteiger charge is 2.34. The van der Waals surface area contributed by atoms with Crippen molar-refractivity contribution in [2.24, 2.45) is 0 Å². The molecule has 1 heterocycles. The van der Waals surface area contributed by atoms with Gasteiger partial charge in [0.2, 0.25) is 0 Å². The molecule has 2 amide bonds. The summed E-state index contributed by atoms with van der Waals surface area (Å²) < 4.78 is 15.7. The number of methoxy groups -OCH3 is 2. The molecule has 0 aliphatic carbocycles. The molecule has 2 rings (SSSR count). The SMILES string of the molecule is CCOc1cc(/C=C2/SC(=O)N(CCOC)C2=O)ccc1OC. The Hall–Kier alpha value is -1.99. The number of hydrogen-bond acceptors (Lipinski definition) is 6. The second-order valence-electron chi connectivity index (χ2n) is 4.67. The van der Waals surface area contributed by atoms with E-state index in [4.69, 9.17) is 14.2 Å². The lowest BCUT2D eigenvalue weighted by Crippen LogP contribution is -2.31. The zero-order valence-corrected chi connectivity index (χ0v) is 14.1. The summed E-state index contributed by atoms with van der Waals surface area (Å²) in [5, 5.41) is -0.281. The first-order valence-electron chi connectivity index (χ1n) is 7.15. The van der Waals surface area contributed by atoms with Crippen LogP contribution in [0.5, 0.6) is 11.5 Å². The van der Waals surface area contributed by atoms with Crippen LogP contribution in [-0.4, -0.2) is 50.0 Å². The minimum atomic E-state index is -0.300. The van der Waals surface area contributed by atoms with E-state index in [0.29, 0.717) is 29.6 Å². The summed E-state index contributed by atoms with van der Waals surface area (Å²) in [5.74, 6) is 0.922. The second-order valence-corrected chi connectivity index (χ2v) is 5.66. The van der Waals surface area contributed by atoms with Gasteiger partial charge in [-0.05, 0) is 42.5 Å². The number of ether oxygens (including phenoxy) is 3. The average molecular weight is 337 g/mol. The molecule has 23 heavy (non-hydrogen) atoms. The van der Waals surface area contributed by atoms with Gasteiger partial charge in [-0.3, -0.25) is 14.5 Å². The highest BCUT2D eigenvalue weighted by molar-refractivity contribution is 8.18. The lowest BCUT2D eigenvalue weighted by Gasteiger charge is -2.11. The number of rotatable bonds is 7. The van der Waals surface area contributed by atoms with Crippen LogP contribution in [-0.2, 0) is 9.53 Å². The van der Waals surface area contributed by atoms with Crippen molar-refractivity contribution in [1.29, 1.82) is 0 Å². The fourth-order valence-electron chi connectivity index (χ4n) is 2.08. The lowest BCUT2D eigenvalue weighted by molar-refractivity contribution is -0.123. The van der Waals surface area contributed by atoms with E-state index < -0.39 is 0 Å². The van der Waals surface area contributed by atoms with E-state index in [0.717, 1.165) is 17.3 Å². The predicted octanol–water partition coefficient (Wildman–Crippen LogP) is 2.78. The standard InChI is InChI=1S/C16H19NO5S/c1-4-22-13-9-11(5-6-12(13)21-3)10-14-15(18)17(7-8-20-2)16(19)23-14/h5-6,9-10H,4,7-8H2,1-3H3/b14-10+. The van der Waals surface area contributed by atoms with Gasteiger partial charge in [0.1, 0.15) is 0 Å². The summed E-state index contributed by atoms with van der Waals surface area (Å²) in [7, 11) is 3.10. The van der Waals surface area contributed by atoms with Gasteiger partial charge in [0.25, 0.3) is 11.1 Å². The number of amides is 2. The van der Waals surface area contributed by atoms with Crippen molar-refractivity contribution >= 4 is 29.0 Å².